The minimum atomic E-state index is 0.238. The van der Waals surface area contributed by atoms with Crippen molar-refractivity contribution in [3.63, 3.8) is 0 Å². The normalized spacial score (nSPS) is 17.5. The summed E-state index contributed by atoms with van der Waals surface area (Å²) in [7, 11) is 0. The van der Waals surface area contributed by atoms with Crippen LogP contribution in [-0.2, 0) is 0 Å². The maximum absolute atomic E-state index is 3.75. The molecule has 0 radical (unpaired) electrons. The number of rotatable bonds is 9. The second-order valence-electron chi connectivity index (χ2n) is 7.28. The van der Waals surface area contributed by atoms with E-state index in [0.29, 0.717) is 5.41 Å². The molecule has 0 aliphatic heterocycles. The molecule has 1 N–H and O–H groups in total. The summed E-state index contributed by atoms with van der Waals surface area (Å²) in [6.45, 7) is 17.4. The van der Waals surface area contributed by atoms with E-state index in [1.807, 2.05) is 0 Å². The van der Waals surface area contributed by atoms with Crippen molar-refractivity contribution in [2.75, 3.05) is 6.54 Å². The van der Waals surface area contributed by atoms with Crippen LogP contribution in [-0.4, -0.2) is 12.1 Å². The molecule has 0 aliphatic rings. The minimum absolute atomic E-state index is 0.238. The third-order valence-corrected chi connectivity index (χ3v) is 4.28. The SMILES string of the molecule is CCCCC(CC)(CNC(C)(C)C)CC(C)CC. The fourth-order valence-electron chi connectivity index (χ4n) is 2.60. The van der Waals surface area contributed by atoms with Gasteiger partial charge in [0, 0.05) is 12.1 Å². The molecule has 110 valence electrons. The van der Waals surface area contributed by atoms with E-state index in [1.165, 1.54) is 45.1 Å². The predicted octanol–water partition coefficient (Wildman–Crippen LogP) is 5.40. The first kappa shape index (κ1) is 18.0. The van der Waals surface area contributed by atoms with Crippen LogP contribution in [0.2, 0.25) is 0 Å². The van der Waals surface area contributed by atoms with Crippen molar-refractivity contribution in [1.29, 1.82) is 0 Å². The zero-order valence-electron chi connectivity index (χ0n) is 14.0. The van der Waals surface area contributed by atoms with Gasteiger partial charge in [0.05, 0.1) is 0 Å². The van der Waals surface area contributed by atoms with Gasteiger partial charge in [-0.2, -0.15) is 0 Å². The molecule has 0 aromatic rings. The lowest BCUT2D eigenvalue weighted by molar-refractivity contribution is 0.163. The summed E-state index contributed by atoms with van der Waals surface area (Å²) in [5, 5.41) is 3.75. The molecule has 0 aromatic heterocycles. The van der Waals surface area contributed by atoms with Gasteiger partial charge in [-0.25, -0.2) is 0 Å². The fraction of sp³-hybridized carbons (Fsp3) is 1.00. The Morgan fingerprint density at radius 1 is 1.06 bits per heavy atom. The van der Waals surface area contributed by atoms with Gasteiger partial charge in [0.1, 0.15) is 0 Å². The predicted molar refractivity (Wildman–Crippen MR) is 84.1 cm³/mol. The summed E-state index contributed by atoms with van der Waals surface area (Å²) in [6.07, 6.45) is 8.06. The number of unbranched alkanes of at least 4 members (excludes halogenated alkanes) is 1. The van der Waals surface area contributed by atoms with Crippen LogP contribution in [0.1, 0.15) is 87.0 Å². The van der Waals surface area contributed by atoms with Gasteiger partial charge in [0.15, 0.2) is 0 Å². The standard InChI is InChI=1S/C17H37N/c1-8-11-12-17(10-3,13-15(4)9-2)14-18-16(5,6)7/h15,18H,8-14H2,1-7H3. The summed E-state index contributed by atoms with van der Waals surface area (Å²) in [4.78, 5) is 0. The number of hydrogen-bond acceptors (Lipinski definition) is 1. The average molecular weight is 255 g/mol. The highest BCUT2D eigenvalue weighted by molar-refractivity contribution is 4.85. The molecule has 0 saturated heterocycles. The van der Waals surface area contributed by atoms with E-state index in [9.17, 15) is 0 Å². The van der Waals surface area contributed by atoms with Crippen molar-refractivity contribution in [3.8, 4) is 0 Å². The Balaban J connectivity index is 4.63. The molecular weight excluding hydrogens is 218 g/mol. The van der Waals surface area contributed by atoms with Crippen LogP contribution in [0, 0.1) is 11.3 Å². The highest BCUT2D eigenvalue weighted by Crippen LogP contribution is 2.36. The van der Waals surface area contributed by atoms with E-state index in [-0.39, 0.29) is 5.54 Å². The first-order chi connectivity index (χ1) is 8.28. The molecule has 0 spiro atoms. The molecule has 0 heterocycles. The molecule has 0 aliphatic carbocycles. The van der Waals surface area contributed by atoms with Gasteiger partial charge in [-0.3, -0.25) is 0 Å². The summed E-state index contributed by atoms with van der Waals surface area (Å²) >= 11 is 0. The second kappa shape index (κ2) is 8.19. The summed E-state index contributed by atoms with van der Waals surface area (Å²) in [5.41, 5.74) is 0.751. The number of nitrogens with one attached hydrogen (secondary N) is 1. The third-order valence-electron chi connectivity index (χ3n) is 4.28. The quantitative estimate of drug-likeness (QED) is 0.582. The zero-order valence-corrected chi connectivity index (χ0v) is 14.0. The summed E-state index contributed by atoms with van der Waals surface area (Å²) in [6, 6.07) is 0. The van der Waals surface area contributed by atoms with Gasteiger partial charge < -0.3 is 5.32 Å². The van der Waals surface area contributed by atoms with Crippen molar-refractivity contribution in [2.45, 2.75) is 92.5 Å². The van der Waals surface area contributed by atoms with Crippen LogP contribution in [0.5, 0.6) is 0 Å². The zero-order chi connectivity index (χ0) is 14.2. The summed E-state index contributed by atoms with van der Waals surface area (Å²) < 4.78 is 0. The lowest BCUT2D eigenvalue weighted by Gasteiger charge is -2.38. The Labute approximate surface area is 116 Å². The Hall–Kier alpha value is -0.0400. The molecule has 0 amide bonds. The van der Waals surface area contributed by atoms with E-state index in [0.717, 1.165) is 5.92 Å². The largest absolute Gasteiger partial charge is 0.312 e. The van der Waals surface area contributed by atoms with Crippen molar-refractivity contribution in [1.82, 2.24) is 5.32 Å². The maximum atomic E-state index is 3.75. The molecule has 0 aromatic carbocycles. The van der Waals surface area contributed by atoms with E-state index in [2.05, 4.69) is 53.8 Å². The van der Waals surface area contributed by atoms with Crippen LogP contribution in [0.25, 0.3) is 0 Å². The van der Waals surface area contributed by atoms with Crippen molar-refractivity contribution < 1.29 is 0 Å². The Morgan fingerprint density at radius 2 is 1.67 bits per heavy atom. The first-order valence-electron chi connectivity index (χ1n) is 8.03. The molecule has 18 heavy (non-hydrogen) atoms. The van der Waals surface area contributed by atoms with Crippen LogP contribution < -0.4 is 5.32 Å². The van der Waals surface area contributed by atoms with Crippen molar-refractivity contribution >= 4 is 0 Å². The van der Waals surface area contributed by atoms with Crippen molar-refractivity contribution in [3.05, 3.63) is 0 Å². The Bertz CT molecular complexity index is 204. The summed E-state index contributed by atoms with van der Waals surface area (Å²) in [5.74, 6) is 0.851. The molecule has 0 rings (SSSR count). The molecule has 1 nitrogen and oxygen atoms in total. The van der Waals surface area contributed by atoms with E-state index < -0.39 is 0 Å². The van der Waals surface area contributed by atoms with Gasteiger partial charge in [0.25, 0.3) is 0 Å². The third kappa shape index (κ3) is 7.41. The van der Waals surface area contributed by atoms with Gasteiger partial charge in [0.2, 0.25) is 0 Å². The lowest BCUT2D eigenvalue weighted by atomic mass is 9.73. The van der Waals surface area contributed by atoms with Gasteiger partial charge in [-0.05, 0) is 51.4 Å². The van der Waals surface area contributed by atoms with Gasteiger partial charge in [-0.1, -0.05) is 47.0 Å². The van der Waals surface area contributed by atoms with E-state index in [4.69, 9.17) is 0 Å². The molecule has 0 fully saturated rings. The smallest absolute Gasteiger partial charge is 0.00967 e. The van der Waals surface area contributed by atoms with Gasteiger partial charge >= 0.3 is 0 Å². The number of hydrogen-bond donors (Lipinski definition) is 1. The topological polar surface area (TPSA) is 12.0 Å². The molecule has 2 unspecified atom stereocenters. The molecule has 0 saturated carbocycles. The second-order valence-corrected chi connectivity index (χ2v) is 7.28. The first-order valence-corrected chi connectivity index (χ1v) is 8.03. The Morgan fingerprint density at radius 3 is 2.06 bits per heavy atom. The van der Waals surface area contributed by atoms with Crippen LogP contribution in [0.3, 0.4) is 0 Å². The van der Waals surface area contributed by atoms with E-state index >= 15 is 0 Å². The molecule has 1 heteroatoms. The maximum Gasteiger partial charge on any atom is 0.00967 e. The highest BCUT2D eigenvalue weighted by atomic mass is 15.0. The van der Waals surface area contributed by atoms with Crippen LogP contribution in [0.15, 0.2) is 0 Å². The average Bonchev–Trinajstić information content (AvgIpc) is 2.31. The fourth-order valence-corrected chi connectivity index (χ4v) is 2.60. The molecular formula is C17H37N. The molecule has 0 bridgehead atoms. The van der Waals surface area contributed by atoms with E-state index in [1.54, 1.807) is 0 Å². The van der Waals surface area contributed by atoms with Crippen molar-refractivity contribution in [2.24, 2.45) is 11.3 Å². The minimum Gasteiger partial charge on any atom is -0.312 e. The monoisotopic (exact) mass is 255 g/mol. The highest BCUT2D eigenvalue weighted by Gasteiger charge is 2.30. The van der Waals surface area contributed by atoms with Gasteiger partial charge in [-0.15, -0.1) is 0 Å². The Kier molecular flexibility index (Phi) is 8.18. The van der Waals surface area contributed by atoms with Crippen LogP contribution in [0.4, 0.5) is 0 Å². The van der Waals surface area contributed by atoms with Crippen LogP contribution >= 0.6 is 0 Å². The lowest BCUT2D eigenvalue weighted by Crippen LogP contribution is -2.44. The molecule has 2 atom stereocenters.